The van der Waals surface area contributed by atoms with E-state index < -0.39 is 11.6 Å². The van der Waals surface area contributed by atoms with Crippen LogP contribution in [0.4, 0.5) is 5.69 Å². The van der Waals surface area contributed by atoms with Crippen LogP contribution in [0.25, 0.3) is 5.00 Å². The van der Waals surface area contributed by atoms with E-state index in [-0.39, 0.29) is 25.5 Å². The molecule has 1 N–H and O–H groups in total. The molecule has 0 atom stereocenters. The van der Waals surface area contributed by atoms with Crippen LogP contribution in [0, 0.1) is 0 Å². The first kappa shape index (κ1) is 20.3. The molecule has 3 aromatic heterocycles. The van der Waals surface area contributed by atoms with Gasteiger partial charge in [0.2, 0.25) is 11.8 Å². The van der Waals surface area contributed by atoms with Crippen molar-refractivity contribution in [2.45, 2.75) is 13.1 Å². The highest BCUT2D eigenvalue weighted by Crippen LogP contribution is 2.11. The SMILES string of the molecule is O=C(CN(Cc1ccco1)C(=O)Cn1nnn(-c2cccs2)c1=O)Nc1ccccc1. The van der Waals surface area contributed by atoms with Gasteiger partial charge in [-0.25, -0.2) is 4.79 Å². The normalized spacial score (nSPS) is 10.7. The lowest BCUT2D eigenvalue weighted by Gasteiger charge is -2.21. The van der Waals surface area contributed by atoms with Gasteiger partial charge in [-0.1, -0.05) is 18.2 Å². The molecule has 0 bridgehead atoms. The van der Waals surface area contributed by atoms with Crippen LogP contribution >= 0.6 is 11.3 Å². The largest absolute Gasteiger partial charge is 0.467 e. The van der Waals surface area contributed by atoms with E-state index in [4.69, 9.17) is 4.42 Å². The third kappa shape index (κ3) is 4.95. The Labute approximate surface area is 180 Å². The molecule has 31 heavy (non-hydrogen) atoms. The van der Waals surface area contributed by atoms with Crippen molar-refractivity contribution in [3.63, 3.8) is 0 Å². The van der Waals surface area contributed by atoms with E-state index in [1.165, 1.54) is 22.5 Å². The second-order valence-electron chi connectivity index (χ2n) is 6.53. The molecule has 11 heteroatoms. The van der Waals surface area contributed by atoms with Gasteiger partial charge in [-0.3, -0.25) is 9.59 Å². The summed E-state index contributed by atoms with van der Waals surface area (Å²) in [6.45, 7) is -0.506. The molecule has 10 nitrogen and oxygen atoms in total. The van der Waals surface area contributed by atoms with E-state index in [1.54, 1.807) is 48.5 Å². The van der Waals surface area contributed by atoms with Crippen molar-refractivity contribution in [2.24, 2.45) is 0 Å². The number of tetrazole rings is 1. The number of furan rings is 1. The zero-order chi connectivity index (χ0) is 21.6. The van der Waals surface area contributed by atoms with E-state index in [2.05, 4.69) is 15.7 Å². The van der Waals surface area contributed by atoms with E-state index in [0.29, 0.717) is 16.4 Å². The minimum Gasteiger partial charge on any atom is -0.467 e. The van der Waals surface area contributed by atoms with Gasteiger partial charge in [0.1, 0.15) is 23.9 Å². The molecule has 0 aliphatic rings. The maximum absolute atomic E-state index is 12.9. The van der Waals surface area contributed by atoms with Gasteiger partial charge in [-0.15, -0.1) is 11.3 Å². The Kier molecular flexibility index (Phi) is 6.03. The van der Waals surface area contributed by atoms with Crippen LogP contribution in [0.1, 0.15) is 5.76 Å². The fourth-order valence-corrected chi connectivity index (χ4v) is 3.52. The lowest BCUT2D eigenvalue weighted by molar-refractivity contribution is -0.136. The number of carbonyl (C=O) groups excluding carboxylic acids is 2. The number of benzene rings is 1. The number of hydrogen-bond acceptors (Lipinski definition) is 7. The van der Waals surface area contributed by atoms with Crippen LogP contribution in [-0.4, -0.2) is 43.0 Å². The first-order chi connectivity index (χ1) is 15.1. The predicted octanol–water partition coefficient (Wildman–Crippen LogP) is 1.75. The third-order valence-electron chi connectivity index (χ3n) is 4.31. The first-order valence-corrected chi connectivity index (χ1v) is 10.2. The third-order valence-corrected chi connectivity index (χ3v) is 5.15. The second-order valence-corrected chi connectivity index (χ2v) is 7.45. The number of nitrogens with zero attached hydrogens (tertiary/aromatic N) is 5. The first-order valence-electron chi connectivity index (χ1n) is 9.32. The van der Waals surface area contributed by atoms with Gasteiger partial charge in [-0.05, 0) is 52.2 Å². The van der Waals surface area contributed by atoms with Crippen LogP contribution in [0.5, 0.6) is 0 Å². The van der Waals surface area contributed by atoms with Gasteiger partial charge in [0.05, 0.1) is 12.8 Å². The summed E-state index contributed by atoms with van der Waals surface area (Å²) in [6, 6.07) is 15.8. The Bertz CT molecular complexity index is 1200. The highest BCUT2D eigenvalue weighted by Gasteiger charge is 2.21. The average molecular weight is 438 g/mol. The molecule has 158 valence electrons. The lowest BCUT2D eigenvalue weighted by atomic mass is 10.3. The van der Waals surface area contributed by atoms with Crippen molar-refractivity contribution in [1.82, 2.24) is 24.7 Å². The van der Waals surface area contributed by atoms with E-state index in [0.717, 1.165) is 9.36 Å². The summed E-state index contributed by atoms with van der Waals surface area (Å²) in [5.41, 5.74) is 0.0792. The van der Waals surface area contributed by atoms with Crippen LogP contribution < -0.4 is 11.0 Å². The summed E-state index contributed by atoms with van der Waals surface area (Å²) in [7, 11) is 0. The fourth-order valence-electron chi connectivity index (χ4n) is 2.85. The van der Waals surface area contributed by atoms with Crippen LogP contribution in [0.15, 0.2) is 75.5 Å². The molecule has 1 aromatic carbocycles. The topological polar surface area (TPSA) is 115 Å². The van der Waals surface area contributed by atoms with Gasteiger partial charge < -0.3 is 14.6 Å². The molecule has 0 aliphatic heterocycles. The number of carbonyl (C=O) groups is 2. The van der Waals surface area contributed by atoms with E-state index in [1.807, 2.05) is 11.4 Å². The molecular weight excluding hydrogens is 420 g/mol. The van der Waals surface area contributed by atoms with Gasteiger partial charge in [0.15, 0.2) is 0 Å². The zero-order valence-electron chi connectivity index (χ0n) is 16.2. The Morgan fingerprint density at radius 2 is 1.90 bits per heavy atom. The number of thiophene rings is 1. The number of hydrogen-bond donors (Lipinski definition) is 1. The Hall–Kier alpha value is -3.99. The molecule has 0 saturated carbocycles. The Morgan fingerprint density at radius 1 is 1.06 bits per heavy atom. The van der Waals surface area contributed by atoms with Gasteiger partial charge >= 0.3 is 5.69 Å². The molecule has 4 rings (SSSR count). The molecule has 3 heterocycles. The Balaban J connectivity index is 1.49. The van der Waals surface area contributed by atoms with Crippen molar-refractivity contribution in [2.75, 3.05) is 11.9 Å². The van der Waals surface area contributed by atoms with Crippen LogP contribution in [0.3, 0.4) is 0 Å². The molecule has 0 radical (unpaired) electrons. The number of aromatic nitrogens is 4. The summed E-state index contributed by atoms with van der Waals surface area (Å²) >= 11 is 1.33. The van der Waals surface area contributed by atoms with E-state index in [9.17, 15) is 14.4 Å². The molecule has 4 aromatic rings. The minimum atomic E-state index is -0.539. The highest BCUT2D eigenvalue weighted by molar-refractivity contribution is 7.12. The minimum absolute atomic E-state index is 0.0713. The second kappa shape index (κ2) is 9.22. The molecule has 0 saturated heterocycles. The molecule has 0 aliphatic carbocycles. The highest BCUT2D eigenvalue weighted by atomic mass is 32.1. The van der Waals surface area contributed by atoms with Crippen LogP contribution in [0.2, 0.25) is 0 Å². The smallest absolute Gasteiger partial charge is 0.369 e. The fraction of sp³-hybridized carbons (Fsp3) is 0.150. The molecule has 0 unspecified atom stereocenters. The molecule has 0 spiro atoms. The molecule has 0 fully saturated rings. The van der Waals surface area contributed by atoms with Crippen molar-refractivity contribution in [3.8, 4) is 5.00 Å². The zero-order valence-corrected chi connectivity index (χ0v) is 17.1. The standard InChI is InChI=1S/C20H18N6O4S/c27-17(21-15-6-2-1-3-7-15)13-24(12-16-8-4-10-30-16)18(28)14-25-20(29)26(23-22-25)19-9-5-11-31-19/h1-11H,12-14H2,(H,21,27). The number of para-hydroxylation sites is 1. The maximum Gasteiger partial charge on any atom is 0.369 e. The average Bonchev–Trinajstić information content (AvgIpc) is 3.52. The van der Waals surface area contributed by atoms with Crippen molar-refractivity contribution in [3.05, 3.63) is 82.5 Å². The van der Waals surface area contributed by atoms with Gasteiger partial charge in [-0.2, -0.15) is 9.36 Å². The maximum atomic E-state index is 12.9. The predicted molar refractivity (Wildman–Crippen MR) is 113 cm³/mol. The summed E-state index contributed by atoms with van der Waals surface area (Å²) in [5, 5.41) is 12.8. The van der Waals surface area contributed by atoms with Gasteiger partial charge in [0.25, 0.3) is 0 Å². The van der Waals surface area contributed by atoms with E-state index >= 15 is 0 Å². The molecule has 2 amide bonds. The lowest BCUT2D eigenvalue weighted by Crippen LogP contribution is -2.41. The van der Waals surface area contributed by atoms with Crippen molar-refractivity contribution >= 4 is 28.8 Å². The van der Waals surface area contributed by atoms with Crippen molar-refractivity contribution < 1.29 is 14.0 Å². The number of nitrogens with one attached hydrogen (secondary N) is 1. The summed E-state index contributed by atoms with van der Waals surface area (Å²) < 4.78 is 7.40. The number of amides is 2. The quantitative estimate of drug-likeness (QED) is 0.448. The van der Waals surface area contributed by atoms with Gasteiger partial charge in [0, 0.05) is 5.69 Å². The monoisotopic (exact) mass is 438 g/mol. The molecular formula is C20H18N6O4S. The van der Waals surface area contributed by atoms with Crippen LogP contribution in [-0.2, 0) is 22.7 Å². The summed E-state index contributed by atoms with van der Waals surface area (Å²) in [5.74, 6) is -0.337. The summed E-state index contributed by atoms with van der Waals surface area (Å²) in [6.07, 6.45) is 1.49. The Morgan fingerprint density at radius 3 is 2.61 bits per heavy atom. The number of anilines is 1. The number of rotatable bonds is 8. The summed E-state index contributed by atoms with van der Waals surface area (Å²) in [4.78, 5) is 39.3. The van der Waals surface area contributed by atoms with Crippen molar-refractivity contribution in [1.29, 1.82) is 0 Å².